The average molecular weight is 419 g/mol. The minimum absolute atomic E-state index is 0.0265. The zero-order valence-electron chi connectivity index (χ0n) is 18.0. The maximum Gasteiger partial charge on any atom is 0.326 e. The lowest BCUT2D eigenvalue weighted by Gasteiger charge is -2.40. The highest BCUT2D eigenvalue weighted by molar-refractivity contribution is 5.93. The highest BCUT2D eigenvalue weighted by Crippen LogP contribution is 2.40. The van der Waals surface area contributed by atoms with Crippen molar-refractivity contribution in [3.05, 3.63) is 48.3 Å². The van der Waals surface area contributed by atoms with E-state index >= 15 is 0 Å². The van der Waals surface area contributed by atoms with Crippen LogP contribution in [0.2, 0.25) is 0 Å². The van der Waals surface area contributed by atoms with E-state index in [4.69, 9.17) is 4.98 Å². The molecule has 9 nitrogen and oxygen atoms in total. The number of nitrogens with zero attached hydrogens (tertiary/aromatic N) is 8. The third-order valence-corrected chi connectivity index (χ3v) is 6.24. The maximum atomic E-state index is 13.2. The molecule has 0 radical (unpaired) electrons. The molecule has 3 aromatic heterocycles. The van der Waals surface area contributed by atoms with Gasteiger partial charge in [0.05, 0.1) is 0 Å². The van der Waals surface area contributed by atoms with Crippen LogP contribution >= 0.6 is 0 Å². The largest absolute Gasteiger partial charge is 0.326 e. The summed E-state index contributed by atoms with van der Waals surface area (Å²) in [4.78, 5) is 30.2. The molecule has 0 atom stereocenters. The number of hydrogen-bond acceptors (Lipinski definition) is 6. The van der Waals surface area contributed by atoms with Crippen molar-refractivity contribution in [2.75, 3.05) is 18.0 Å². The number of amides is 2. The Bertz CT molecular complexity index is 1090. The maximum absolute atomic E-state index is 13.2. The lowest BCUT2D eigenvalue weighted by atomic mass is 9.76. The molecule has 0 unspecified atom stereocenters. The number of aromatic nitrogens is 6. The molecule has 1 aliphatic carbocycles. The van der Waals surface area contributed by atoms with Gasteiger partial charge in [-0.05, 0) is 57.2 Å². The van der Waals surface area contributed by atoms with Crippen LogP contribution < -0.4 is 4.90 Å². The quantitative estimate of drug-likeness (QED) is 0.632. The first-order valence-electron chi connectivity index (χ1n) is 10.7. The van der Waals surface area contributed by atoms with Crippen molar-refractivity contribution in [3.8, 4) is 11.5 Å². The summed E-state index contributed by atoms with van der Waals surface area (Å²) in [5.74, 6) is 2.58. The number of anilines is 1. The smallest absolute Gasteiger partial charge is 0.319 e. The zero-order valence-corrected chi connectivity index (χ0v) is 18.0. The van der Waals surface area contributed by atoms with Gasteiger partial charge in [0.25, 0.3) is 0 Å². The van der Waals surface area contributed by atoms with Gasteiger partial charge in [-0.15, -0.1) is 10.2 Å². The number of rotatable bonds is 5. The number of aryl methyl sites for hydroxylation is 1. The monoisotopic (exact) mass is 418 g/mol. The summed E-state index contributed by atoms with van der Waals surface area (Å²) in [6.45, 7) is 7.40. The third kappa shape index (κ3) is 3.54. The molecule has 4 heterocycles. The normalized spacial score (nSPS) is 21.1. The number of urea groups is 1. The number of carbonyl (C=O) groups excluding carboxylic acids is 1. The Labute approximate surface area is 181 Å². The number of carbonyl (C=O) groups is 1. The van der Waals surface area contributed by atoms with Crippen molar-refractivity contribution < 1.29 is 4.79 Å². The molecule has 0 bridgehead atoms. The molecule has 5 rings (SSSR count). The fourth-order valence-electron chi connectivity index (χ4n) is 4.34. The fraction of sp³-hybridized carbons (Fsp3) is 0.455. The molecule has 1 saturated heterocycles. The van der Waals surface area contributed by atoms with E-state index in [1.165, 1.54) is 0 Å². The van der Waals surface area contributed by atoms with Crippen LogP contribution in [0.1, 0.15) is 50.0 Å². The van der Waals surface area contributed by atoms with Crippen LogP contribution in [0, 0.1) is 6.92 Å². The Kier molecular flexibility index (Phi) is 4.88. The Morgan fingerprint density at radius 1 is 1.10 bits per heavy atom. The first-order chi connectivity index (χ1) is 15.0. The molecule has 1 aliphatic heterocycles. The fourth-order valence-corrected chi connectivity index (χ4v) is 4.34. The molecule has 160 valence electrons. The Morgan fingerprint density at radius 2 is 1.87 bits per heavy atom. The molecular formula is C22H26N8O. The van der Waals surface area contributed by atoms with Crippen LogP contribution in [0.15, 0.2) is 36.9 Å². The minimum Gasteiger partial charge on any atom is -0.319 e. The van der Waals surface area contributed by atoms with Gasteiger partial charge in [-0.25, -0.2) is 19.7 Å². The molecule has 3 aromatic rings. The molecular weight excluding hydrogens is 392 g/mol. The Balaban J connectivity index is 1.28. The second kappa shape index (κ2) is 7.72. The molecule has 2 aliphatic rings. The predicted octanol–water partition coefficient (Wildman–Crippen LogP) is 3.21. The lowest BCUT2D eigenvalue weighted by molar-refractivity contribution is 0.147. The molecule has 9 heteroatoms. The lowest BCUT2D eigenvalue weighted by Crippen LogP contribution is -2.46. The molecule has 1 saturated carbocycles. The van der Waals surface area contributed by atoms with E-state index in [9.17, 15) is 4.79 Å². The van der Waals surface area contributed by atoms with E-state index in [1.54, 1.807) is 11.2 Å². The molecule has 31 heavy (non-hydrogen) atoms. The van der Waals surface area contributed by atoms with Gasteiger partial charge >= 0.3 is 6.03 Å². The standard InChI is InChI=1S/C22H26N8O/c1-14(2)30-13-25-27-21(30)19-5-4-6-20(26-19)29-8-7-28(22(29)31)18-9-16(10-18)17-11-23-15(3)24-12-17/h4-6,11-14,16,18H,7-10H2,1-3H3. The Morgan fingerprint density at radius 3 is 2.61 bits per heavy atom. The third-order valence-electron chi connectivity index (χ3n) is 6.24. The summed E-state index contributed by atoms with van der Waals surface area (Å²) >= 11 is 0. The summed E-state index contributed by atoms with van der Waals surface area (Å²) in [6, 6.07) is 6.22. The van der Waals surface area contributed by atoms with E-state index < -0.39 is 0 Å². The molecule has 2 amide bonds. The number of pyridine rings is 1. The SMILES string of the molecule is Cc1ncc(C2CC(N3CCN(c4cccc(-c5nncn5C(C)C)n4)C3=O)C2)cn1. The zero-order chi connectivity index (χ0) is 21.5. The van der Waals surface area contributed by atoms with Gasteiger partial charge in [-0.3, -0.25) is 4.90 Å². The van der Waals surface area contributed by atoms with E-state index in [-0.39, 0.29) is 18.1 Å². The van der Waals surface area contributed by atoms with Crippen molar-refractivity contribution in [2.45, 2.75) is 51.6 Å². The van der Waals surface area contributed by atoms with Crippen molar-refractivity contribution in [3.63, 3.8) is 0 Å². The number of hydrogen-bond donors (Lipinski definition) is 0. The van der Waals surface area contributed by atoms with Crippen LogP contribution in [0.5, 0.6) is 0 Å². The van der Waals surface area contributed by atoms with Crippen molar-refractivity contribution in [1.82, 2.24) is 34.6 Å². The average Bonchev–Trinajstić information content (AvgIpc) is 3.36. The van der Waals surface area contributed by atoms with Gasteiger partial charge in [0.1, 0.15) is 23.7 Å². The van der Waals surface area contributed by atoms with Gasteiger partial charge < -0.3 is 9.47 Å². The molecule has 2 fully saturated rings. The highest BCUT2D eigenvalue weighted by Gasteiger charge is 2.42. The molecule has 0 N–H and O–H groups in total. The first-order valence-corrected chi connectivity index (χ1v) is 10.7. The van der Waals surface area contributed by atoms with Crippen LogP contribution in [0.3, 0.4) is 0 Å². The van der Waals surface area contributed by atoms with E-state index in [1.807, 2.05) is 47.0 Å². The van der Waals surface area contributed by atoms with E-state index in [0.29, 0.717) is 30.6 Å². The summed E-state index contributed by atoms with van der Waals surface area (Å²) in [6.07, 6.45) is 7.44. The van der Waals surface area contributed by atoms with Gasteiger partial charge in [0.15, 0.2) is 5.82 Å². The molecule has 0 aromatic carbocycles. The van der Waals surface area contributed by atoms with E-state index in [0.717, 1.165) is 29.9 Å². The second-order valence-corrected chi connectivity index (χ2v) is 8.55. The predicted molar refractivity (Wildman–Crippen MR) is 116 cm³/mol. The van der Waals surface area contributed by atoms with Gasteiger partial charge in [0.2, 0.25) is 0 Å². The summed E-state index contributed by atoms with van der Waals surface area (Å²) in [5.41, 5.74) is 1.88. The van der Waals surface area contributed by atoms with Crippen LogP contribution in [-0.4, -0.2) is 59.8 Å². The van der Waals surface area contributed by atoms with Gasteiger partial charge in [-0.2, -0.15) is 0 Å². The Hall–Kier alpha value is -3.36. The van der Waals surface area contributed by atoms with Crippen molar-refractivity contribution >= 4 is 11.8 Å². The minimum atomic E-state index is 0.0265. The van der Waals surface area contributed by atoms with Crippen LogP contribution in [0.25, 0.3) is 11.5 Å². The summed E-state index contributed by atoms with van der Waals surface area (Å²) < 4.78 is 1.98. The topological polar surface area (TPSA) is 92.9 Å². The van der Waals surface area contributed by atoms with Crippen LogP contribution in [0.4, 0.5) is 10.6 Å². The summed E-state index contributed by atoms with van der Waals surface area (Å²) in [5, 5.41) is 8.26. The first kappa shape index (κ1) is 19.6. The molecule has 0 spiro atoms. The summed E-state index contributed by atoms with van der Waals surface area (Å²) in [7, 11) is 0. The van der Waals surface area contributed by atoms with Crippen LogP contribution in [-0.2, 0) is 0 Å². The highest BCUT2D eigenvalue weighted by atomic mass is 16.2. The van der Waals surface area contributed by atoms with Crippen molar-refractivity contribution in [1.29, 1.82) is 0 Å². The van der Waals surface area contributed by atoms with Gasteiger partial charge in [0, 0.05) is 37.6 Å². The van der Waals surface area contributed by atoms with E-state index in [2.05, 4.69) is 34.0 Å². The van der Waals surface area contributed by atoms with Crippen molar-refractivity contribution in [2.24, 2.45) is 0 Å². The van der Waals surface area contributed by atoms with Gasteiger partial charge in [-0.1, -0.05) is 6.07 Å². The second-order valence-electron chi connectivity index (χ2n) is 8.55.